The monoisotopic (exact) mass is 326 g/mol. The lowest BCUT2D eigenvalue weighted by molar-refractivity contribution is -0.157. The Morgan fingerprint density at radius 2 is 2.14 bits per heavy atom. The van der Waals surface area contributed by atoms with E-state index in [1.165, 1.54) is 7.11 Å². The molecule has 10 heteroatoms. The zero-order chi connectivity index (χ0) is 16.9. The van der Waals surface area contributed by atoms with E-state index in [1.54, 1.807) is 0 Å². The van der Waals surface area contributed by atoms with E-state index in [-0.39, 0.29) is 26.0 Å². The molecule has 0 unspecified atom stereocenters. The molecule has 0 bridgehead atoms. The zero-order valence-corrected chi connectivity index (χ0v) is 11.9. The quantitative estimate of drug-likeness (QED) is 0.687. The number of carbonyl (C=O) groups excluding carboxylic acids is 2. The van der Waals surface area contributed by atoms with Crippen LogP contribution >= 0.6 is 0 Å². The number of nitrogens with one attached hydrogen (secondary N) is 1. The Morgan fingerprint density at radius 3 is 2.64 bits per heavy atom. The molecule has 1 aliphatic heterocycles. The second-order valence-corrected chi connectivity index (χ2v) is 4.97. The second kappa shape index (κ2) is 7.43. The van der Waals surface area contributed by atoms with E-state index >= 15 is 0 Å². The number of likely N-dealkylation sites (tertiary alicyclic amines) is 1. The predicted octanol–water partition coefficient (Wildman–Crippen LogP) is 0.00310. The summed E-state index contributed by atoms with van der Waals surface area (Å²) in [7, 11) is 1.37. The van der Waals surface area contributed by atoms with Gasteiger partial charge in [-0.3, -0.25) is 9.59 Å². The summed E-state index contributed by atoms with van der Waals surface area (Å²) >= 11 is 0. The van der Waals surface area contributed by atoms with Crippen molar-refractivity contribution >= 4 is 17.8 Å². The number of alkyl halides is 3. The van der Waals surface area contributed by atoms with Crippen molar-refractivity contribution in [2.75, 3.05) is 26.8 Å². The van der Waals surface area contributed by atoms with E-state index < -0.39 is 42.5 Å². The van der Waals surface area contributed by atoms with Crippen LogP contribution in [-0.2, 0) is 19.1 Å². The maximum Gasteiger partial charge on any atom is 0.406 e. The summed E-state index contributed by atoms with van der Waals surface area (Å²) in [6.07, 6.45) is -4.88. The zero-order valence-electron chi connectivity index (χ0n) is 11.9. The van der Waals surface area contributed by atoms with Crippen LogP contribution < -0.4 is 5.32 Å². The Kier molecular flexibility index (Phi) is 6.15. The van der Waals surface area contributed by atoms with Gasteiger partial charge in [0.15, 0.2) is 0 Å². The second-order valence-electron chi connectivity index (χ2n) is 4.97. The maximum absolute atomic E-state index is 12.3. The number of amides is 2. The van der Waals surface area contributed by atoms with Crippen molar-refractivity contribution in [1.29, 1.82) is 0 Å². The minimum Gasteiger partial charge on any atom is -0.480 e. The first-order valence-electron chi connectivity index (χ1n) is 6.50. The highest BCUT2D eigenvalue weighted by atomic mass is 19.4. The van der Waals surface area contributed by atoms with Gasteiger partial charge in [0.25, 0.3) is 0 Å². The van der Waals surface area contributed by atoms with Gasteiger partial charge in [0, 0.05) is 33.1 Å². The van der Waals surface area contributed by atoms with Gasteiger partial charge >= 0.3 is 12.1 Å². The molecule has 7 nitrogen and oxygen atoms in total. The lowest BCUT2D eigenvalue weighted by Crippen LogP contribution is -2.45. The number of carboxylic acids is 1. The minimum atomic E-state index is -4.54. The van der Waals surface area contributed by atoms with Gasteiger partial charge in [-0.05, 0) is 0 Å². The average molecular weight is 326 g/mol. The highest BCUT2D eigenvalue weighted by molar-refractivity contribution is 5.91. The summed E-state index contributed by atoms with van der Waals surface area (Å²) in [6.45, 7) is -1.69. The third-order valence-electron chi connectivity index (χ3n) is 3.18. The summed E-state index contributed by atoms with van der Waals surface area (Å²) in [5.74, 6) is -3.79. The van der Waals surface area contributed by atoms with Gasteiger partial charge in [-0.2, -0.15) is 13.2 Å². The van der Waals surface area contributed by atoms with E-state index in [2.05, 4.69) is 5.32 Å². The van der Waals surface area contributed by atoms with Crippen molar-refractivity contribution in [3.05, 3.63) is 0 Å². The van der Waals surface area contributed by atoms with Gasteiger partial charge in [-0.25, -0.2) is 4.79 Å². The standard InChI is InChI=1S/C12H17F3N2O5/c1-22-3-2-8(11(20)21)16-10(19)7-4-9(18)17(5-7)6-12(13,14)15/h7-8H,2-6H2,1H3,(H,16,19)(H,20,21)/t7-,8-/m0/s1. The molecule has 0 saturated carbocycles. The lowest BCUT2D eigenvalue weighted by Gasteiger charge is -2.19. The van der Waals surface area contributed by atoms with Crippen LogP contribution in [0.5, 0.6) is 0 Å². The number of ether oxygens (including phenoxy) is 1. The van der Waals surface area contributed by atoms with Gasteiger partial charge < -0.3 is 20.1 Å². The van der Waals surface area contributed by atoms with Gasteiger partial charge in [0.05, 0.1) is 5.92 Å². The number of rotatable bonds is 7. The van der Waals surface area contributed by atoms with Crippen LogP contribution in [0.3, 0.4) is 0 Å². The molecule has 0 spiro atoms. The Balaban J connectivity index is 2.59. The Morgan fingerprint density at radius 1 is 1.50 bits per heavy atom. The highest BCUT2D eigenvalue weighted by Crippen LogP contribution is 2.24. The normalized spacial score (nSPS) is 20.1. The topological polar surface area (TPSA) is 95.9 Å². The minimum absolute atomic E-state index is 0.0184. The van der Waals surface area contributed by atoms with Gasteiger partial charge in [-0.15, -0.1) is 0 Å². The van der Waals surface area contributed by atoms with Crippen molar-refractivity contribution < 1.29 is 37.4 Å². The first-order valence-corrected chi connectivity index (χ1v) is 6.50. The summed E-state index contributed by atoms with van der Waals surface area (Å²) < 4.78 is 41.6. The predicted molar refractivity (Wildman–Crippen MR) is 66.8 cm³/mol. The molecule has 1 rings (SSSR count). The van der Waals surface area contributed by atoms with E-state index in [0.29, 0.717) is 4.90 Å². The molecule has 0 aromatic carbocycles. The number of carbonyl (C=O) groups is 3. The van der Waals surface area contributed by atoms with Crippen LogP contribution in [0.2, 0.25) is 0 Å². The first kappa shape index (κ1) is 18.2. The fraction of sp³-hybridized carbons (Fsp3) is 0.750. The molecule has 2 amide bonds. The molecule has 2 N–H and O–H groups in total. The van der Waals surface area contributed by atoms with Crippen LogP contribution in [0.15, 0.2) is 0 Å². The van der Waals surface area contributed by atoms with Crippen LogP contribution in [-0.4, -0.2) is 66.8 Å². The molecule has 0 aromatic heterocycles. The lowest BCUT2D eigenvalue weighted by atomic mass is 10.1. The number of methoxy groups -OCH3 is 1. The Hall–Kier alpha value is -1.84. The summed E-state index contributed by atoms with van der Waals surface area (Å²) in [4.78, 5) is 34.9. The number of halogens is 3. The van der Waals surface area contributed by atoms with Crippen LogP contribution in [0.25, 0.3) is 0 Å². The summed E-state index contributed by atoms with van der Waals surface area (Å²) in [6, 6.07) is -1.21. The van der Waals surface area contributed by atoms with E-state index in [4.69, 9.17) is 9.84 Å². The Bertz CT molecular complexity index is 441. The molecule has 0 aliphatic carbocycles. The molecule has 2 atom stereocenters. The van der Waals surface area contributed by atoms with E-state index in [1.807, 2.05) is 0 Å². The number of hydrogen-bond acceptors (Lipinski definition) is 4. The van der Waals surface area contributed by atoms with Crippen molar-refractivity contribution in [2.45, 2.75) is 25.1 Å². The van der Waals surface area contributed by atoms with Crippen LogP contribution in [0.4, 0.5) is 13.2 Å². The first-order chi connectivity index (χ1) is 10.1. The molecule has 22 heavy (non-hydrogen) atoms. The molecular weight excluding hydrogens is 309 g/mol. The van der Waals surface area contributed by atoms with Crippen molar-refractivity contribution in [2.24, 2.45) is 5.92 Å². The number of aliphatic carboxylic acids is 1. The Labute approximate surface area is 124 Å². The van der Waals surface area contributed by atoms with Gasteiger partial charge in [0.2, 0.25) is 11.8 Å². The van der Waals surface area contributed by atoms with Crippen molar-refractivity contribution in [3.8, 4) is 0 Å². The SMILES string of the molecule is COCC[C@H](NC(=O)[C@H]1CC(=O)N(CC(F)(F)F)C1)C(=O)O. The number of carboxylic acid groups (broad SMARTS) is 1. The third-order valence-corrected chi connectivity index (χ3v) is 3.18. The smallest absolute Gasteiger partial charge is 0.406 e. The van der Waals surface area contributed by atoms with E-state index in [9.17, 15) is 27.6 Å². The van der Waals surface area contributed by atoms with Crippen molar-refractivity contribution in [3.63, 3.8) is 0 Å². The molecule has 0 aromatic rings. The fourth-order valence-corrected chi connectivity index (χ4v) is 2.10. The molecule has 126 valence electrons. The average Bonchev–Trinajstić information content (AvgIpc) is 2.73. The highest BCUT2D eigenvalue weighted by Gasteiger charge is 2.41. The largest absolute Gasteiger partial charge is 0.480 e. The van der Waals surface area contributed by atoms with Gasteiger partial charge in [-0.1, -0.05) is 0 Å². The molecule has 1 aliphatic rings. The molecule has 1 fully saturated rings. The van der Waals surface area contributed by atoms with Crippen LogP contribution in [0, 0.1) is 5.92 Å². The fourth-order valence-electron chi connectivity index (χ4n) is 2.10. The van der Waals surface area contributed by atoms with E-state index in [0.717, 1.165) is 0 Å². The summed E-state index contributed by atoms with van der Waals surface area (Å²) in [5, 5.41) is 11.2. The molecule has 1 saturated heterocycles. The van der Waals surface area contributed by atoms with Crippen LogP contribution in [0.1, 0.15) is 12.8 Å². The number of nitrogens with zero attached hydrogens (tertiary/aromatic N) is 1. The van der Waals surface area contributed by atoms with Crippen molar-refractivity contribution in [1.82, 2.24) is 10.2 Å². The van der Waals surface area contributed by atoms with Gasteiger partial charge in [0.1, 0.15) is 12.6 Å². The molecule has 0 radical (unpaired) electrons. The number of hydrogen-bond donors (Lipinski definition) is 2. The third kappa shape index (κ3) is 5.51. The maximum atomic E-state index is 12.3. The summed E-state index contributed by atoms with van der Waals surface area (Å²) in [5.41, 5.74) is 0. The molecular formula is C12H17F3N2O5. The molecule has 1 heterocycles.